The molecule has 1 aliphatic rings. The number of hydrogen-bond acceptors (Lipinski definition) is 9. The summed E-state index contributed by atoms with van der Waals surface area (Å²) in [4.78, 5) is 0. The van der Waals surface area contributed by atoms with Crippen molar-refractivity contribution in [1.29, 1.82) is 0 Å². The van der Waals surface area contributed by atoms with E-state index in [4.69, 9.17) is 28.4 Å². The number of methoxy groups -OCH3 is 2. The van der Waals surface area contributed by atoms with Crippen LogP contribution in [0.25, 0.3) is 0 Å². The van der Waals surface area contributed by atoms with E-state index in [1.54, 1.807) is 14.2 Å². The van der Waals surface area contributed by atoms with E-state index < -0.39 is 36.3 Å². The Labute approximate surface area is 282 Å². The number of hydrogen-bond donors (Lipinski definition) is 3. The van der Waals surface area contributed by atoms with Gasteiger partial charge in [-0.25, -0.2) is 0 Å². The van der Waals surface area contributed by atoms with Crippen LogP contribution >= 0.6 is 0 Å². The molecular weight excluding hydrogens is 612 g/mol. The Morgan fingerprint density at radius 3 is 1.73 bits per heavy atom. The molecule has 48 heavy (non-hydrogen) atoms. The molecule has 9 nitrogen and oxygen atoms in total. The fourth-order valence-electron chi connectivity index (χ4n) is 5.92. The first-order chi connectivity index (χ1) is 23.5. The van der Waals surface area contributed by atoms with E-state index in [2.05, 4.69) is 0 Å². The number of unbranched alkanes of at least 4 members (excludes halogenated alkanes) is 2. The second kappa shape index (κ2) is 17.6. The lowest BCUT2D eigenvalue weighted by Crippen LogP contribution is -2.59. The smallest absolute Gasteiger partial charge is 0.186 e. The van der Waals surface area contributed by atoms with Gasteiger partial charge in [0.15, 0.2) is 6.29 Å². The number of benzene rings is 4. The molecule has 1 heterocycles. The number of aliphatic hydroxyl groups is 3. The van der Waals surface area contributed by atoms with Crippen LogP contribution in [0.3, 0.4) is 0 Å². The van der Waals surface area contributed by atoms with Gasteiger partial charge >= 0.3 is 0 Å². The van der Waals surface area contributed by atoms with E-state index in [1.165, 1.54) is 0 Å². The van der Waals surface area contributed by atoms with Gasteiger partial charge < -0.3 is 43.7 Å². The van der Waals surface area contributed by atoms with Gasteiger partial charge in [-0.05, 0) is 65.8 Å². The SMILES string of the molecule is COc1ccc(C(OCC2OC(OCCCCCOCc3ccccc3)C(O)C(O)C2O)(c2ccccc2)c2ccc(OC)cc2)cc1. The van der Waals surface area contributed by atoms with E-state index in [0.717, 1.165) is 35.1 Å². The van der Waals surface area contributed by atoms with Crippen LogP contribution in [-0.4, -0.2) is 80.1 Å². The molecule has 0 aromatic heterocycles. The lowest BCUT2D eigenvalue weighted by Gasteiger charge is -2.42. The van der Waals surface area contributed by atoms with E-state index >= 15 is 0 Å². The lowest BCUT2D eigenvalue weighted by atomic mass is 9.80. The summed E-state index contributed by atoms with van der Waals surface area (Å²) in [5.74, 6) is 1.39. The standard InChI is InChI=1S/C39H46O9/c1-43-32-20-16-30(17-21-32)39(29-14-8-4-9-15-29,31-18-22-33(44-2)23-19-31)47-27-34-35(40)36(41)37(42)38(48-34)46-25-11-5-10-24-45-26-28-12-6-3-7-13-28/h3-4,6-9,12-23,34-38,40-42H,5,10-11,24-27H2,1-2H3. The number of aliphatic hydroxyl groups excluding tert-OH is 3. The fraction of sp³-hybridized carbons (Fsp3) is 0.385. The minimum Gasteiger partial charge on any atom is -0.497 e. The molecule has 0 bridgehead atoms. The fourth-order valence-corrected chi connectivity index (χ4v) is 5.92. The molecule has 256 valence electrons. The van der Waals surface area contributed by atoms with Crippen LogP contribution < -0.4 is 9.47 Å². The van der Waals surface area contributed by atoms with Gasteiger partial charge in [0, 0.05) is 13.2 Å². The van der Waals surface area contributed by atoms with Gasteiger partial charge in [0.05, 0.1) is 27.4 Å². The van der Waals surface area contributed by atoms with Gasteiger partial charge in [-0.1, -0.05) is 84.9 Å². The molecule has 1 saturated heterocycles. The molecule has 5 unspecified atom stereocenters. The molecule has 4 aromatic carbocycles. The Bertz CT molecular complexity index is 1430. The minimum absolute atomic E-state index is 0.128. The molecule has 4 aromatic rings. The molecule has 0 saturated carbocycles. The van der Waals surface area contributed by atoms with E-state index in [9.17, 15) is 15.3 Å². The van der Waals surface area contributed by atoms with E-state index in [-0.39, 0.29) is 6.61 Å². The van der Waals surface area contributed by atoms with Crippen molar-refractivity contribution in [2.45, 2.75) is 62.2 Å². The minimum atomic E-state index is -1.49. The van der Waals surface area contributed by atoms with Gasteiger partial charge in [0.1, 0.15) is 41.5 Å². The second-order valence-electron chi connectivity index (χ2n) is 11.8. The number of ether oxygens (including phenoxy) is 6. The molecular formula is C39H46O9. The first-order valence-corrected chi connectivity index (χ1v) is 16.4. The molecule has 1 aliphatic heterocycles. The summed E-state index contributed by atoms with van der Waals surface area (Å²) in [6, 6.07) is 35.0. The molecule has 0 spiro atoms. The molecule has 3 N–H and O–H groups in total. The topological polar surface area (TPSA) is 116 Å². The van der Waals surface area contributed by atoms with Gasteiger partial charge in [0.25, 0.3) is 0 Å². The first-order valence-electron chi connectivity index (χ1n) is 16.4. The Morgan fingerprint density at radius 2 is 1.15 bits per heavy atom. The maximum Gasteiger partial charge on any atom is 0.186 e. The zero-order chi connectivity index (χ0) is 33.8. The van der Waals surface area contributed by atoms with Crippen LogP contribution in [0.4, 0.5) is 0 Å². The molecule has 0 aliphatic carbocycles. The molecule has 5 atom stereocenters. The Kier molecular flexibility index (Phi) is 13.0. The highest BCUT2D eigenvalue weighted by Gasteiger charge is 2.46. The van der Waals surface area contributed by atoms with Crippen molar-refractivity contribution in [3.63, 3.8) is 0 Å². The zero-order valence-electron chi connectivity index (χ0n) is 27.5. The van der Waals surface area contributed by atoms with Crippen LogP contribution in [0, 0.1) is 0 Å². The van der Waals surface area contributed by atoms with Crippen molar-refractivity contribution in [1.82, 2.24) is 0 Å². The summed E-state index contributed by atoms with van der Waals surface area (Å²) in [6.45, 7) is 1.39. The predicted molar refractivity (Wildman–Crippen MR) is 181 cm³/mol. The summed E-state index contributed by atoms with van der Waals surface area (Å²) in [7, 11) is 3.22. The molecule has 1 fully saturated rings. The van der Waals surface area contributed by atoms with Gasteiger partial charge in [-0.3, -0.25) is 0 Å². The normalized spacial score (nSPS) is 21.1. The maximum absolute atomic E-state index is 11.0. The Balaban J connectivity index is 1.27. The van der Waals surface area contributed by atoms with Gasteiger partial charge in [-0.2, -0.15) is 0 Å². The van der Waals surface area contributed by atoms with Crippen molar-refractivity contribution in [2.24, 2.45) is 0 Å². The third kappa shape index (κ3) is 8.61. The van der Waals surface area contributed by atoms with Crippen molar-refractivity contribution in [3.05, 3.63) is 131 Å². The van der Waals surface area contributed by atoms with Gasteiger partial charge in [-0.15, -0.1) is 0 Å². The van der Waals surface area contributed by atoms with Gasteiger partial charge in [0.2, 0.25) is 0 Å². The molecule has 9 heteroatoms. The van der Waals surface area contributed by atoms with Crippen molar-refractivity contribution in [3.8, 4) is 11.5 Å². The average Bonchev–Trinajstić information content (AvgIpc) is 3.14. The summed E-state index contributed by atoms with van der Waals surface area (Å²) < 4.78 is 35.4. The summed E-state index contributed by atoms with van der Waals surface area (Å²) in [6.07, 6.45) is -4.03. The Morgan fingerprint density at radius 1 is 0.604 bits per heavy atom. The van der Waals surface area contributed by atoms with Crippen LogP contribution in [0.15, 0.2) is 109 Å². The predicted octanol–water partition coefficient (Wildman–Crippen LogP) is 5.22. The monoisotopic (exact) mass is 658 g/mol. The van der Waals surface area contributed by atoms with Crippen LogP contribution in [0.5, 0.6) is 11.5 Å². The Hall–Kier alpha value is -3.80. The highest BCUT2D eigenvalue weighted by atomic mass is 16.7. The molecule has 0 amide bonds. The summed E-state index contributed by atoms with van der Waals surface area (Å²) in [5, 5.41) is 32.6. The van der Waals surface area contributed by atoms with Crippen LogP contribution in [-0.2, 0) is 31.2 Å². The molecule has 0 radical (unpaired) electrons. The largest absolute Gasteiger partial charge is 0.497 e. The first kappa shape index (κ1) is 35.5. The quantitative estimate of drug-likeness (QED) is 0.104. The van der Waals surface area contributed by atoms with Crippen LogP contribution in [0.2, 0.25) is 0 Å². The van der Waals surface area contributed by atoms with Crippen molar-refractivity contribution in [2.75, 3.05) is 34.0 Å². The van der Waals surface area contributed by atoms with Crippen molar-refractivity contribution < 1.29 is 43.7 Å². The summed E-state index contributed by atoms with van der Waals surface area (Å²) in [5.41, 5.74) is 2.45. The third-order valence-electron chi connectivity index (χ3n) is 8.63. The highest BCUT2D eigenvalue weighted by Crippen LogP contribution is 2.42. The number of rotatable bonds is 17. The van der Waals surface area contributed by atoms with Crippen LogP contribution in [0.1, 0.15) is 41.5 Å². The summed E-state index contributed by atoms with van der Waals surface area (Å²) >= 11 is 0. The highest BCUT2D eigenvalue weighted by molar-refractivity contribution is 5.49. The lowest BCUT2D eigenvalue weighted by molar-refractivity contribution is -0.305. The maximum atomic E-state index is 11.0. The second-order valence-corrected chi connectivity index (χ2v) is 11.8. The zero-order valence-corrected chi connectivity index (χ0v) is 27.5. The molecule has 5 rings (SSSR count). The van der Waals surface area contributed by atoms with E-state index in [0.29, 0.717) is 37.7 Å². The van der Waals surface area contributed by atoms with Crippen molar-refractivity contribution >= 4 is 0 Å². The average molecular weight is 659 g/mol. The van der Waals surface area contributed by atoms with E-state index in [1.807, 2.05) is 109 Å². The third-order valence-corrected chi connectivity index (χ3v) is 8.63.